The largest absolute Gasteiger partial charge is 0.455 e. The van der Waals surface area contributed by atoms with E-state index in [2.05, 4.69) is 60.7 Å². The zero-order valence-electron chi connectivity index (χ0n) is 36.4. The number of carbonyl (C=O) groups excluding carboxylic acids is 1. The number of piperazine rings is 1. The van der Waals surface area contributed by atoms with Gasteiger partial charge < -0.3 is 24.8 Å². The molecule has 3 N–H and O–H groups in total. The number of aromatic nitrogens is 2. The summed E-state index contributed by atoms with van der Waals surface area (Å²) >= 11 is 6.25. The maximum absolute atomic E-state index is 14.1. The monoisotopic (exact) mass is 906 g/mol. The molecule has 9 rings (SSSR count). The molecule has 5 aromatic rings. The summed E-state index contributed by atoms with van der Waals surface area (Å²) in [6.07, 6.45) is 10.5. The second kappa shape index (κ2) is 18.2. The van der Waals surface area contributed by atoms with Crippen molar-refractivity contribution in [3.8, 4) is 11.5 Å². The van der Waals surface area contributed by atoms with Gasteiger partial charge in [-0.25, -0.2) is 18.1 Å². The first-order valence-corrected chi connectivity index (χ1v) is 24.2. The van der Waals surface area contributed by atoms with Crippen LogP contribution >= 0.6 is 11.6 Å². The van der Waals surface area contributed by atoms with Crippen LogP contribution in [0.25, 0.3) is 16.6 Å². The van der Waals surface area contributed by atoms with E-state index in [4.69, 9.17) is 16.3 Å². The molecule has 0 unspecified atom stereocenters. The molecular weight excluding hydrogens is 852 g/mol. The molecular formula is C48H55ClN8O6S. The van der Waals surface area contributed by atoms with Gasteiger partial charge in [-0.1, -0.05) is 49.6 Å². The summed E-state index contributed by atoms with van der Waals surface area (Å²) in [6, 6.07) is 19.4. The standard InChI is InChI=1S/C48H55ClN8O6S/c1-48(2)14-12-35(42(27-48)33-6-8-36(49)9-7-33)31-55-18-20-56(21-19-55)37-10-11-40(45(24-37)63-38-23-34-13-15-50-46(34)52-29-38)47(58)53-64(61,62)39-25-43-41(44(26-39)57(59)60)22-32(28-51-43)30-54-16-4-3-5-17-54/h6-11,13,15,23-26,29,32,51H,3-5,12,14,16-22,27-28,30-31H2,1-2H3,(H,50,52)(H,53,58)/t32-/m0/s1. The lowest BCUT2D eigenvalue weighted by molar-refractivity contribution is -0.385. The van der Waals surface area contributed by atoms with Gasteiger partial charge in [-0.05, 0) is 117 Å². The van der Waals surface area contributed by atoms with Gasteiger partial charge in [0.15, 0.2) is 0 Å². The van der Waals surface area contributed by atoms with Crippen molar-refractivity contribution in [3.63, 3.8) is 0 Å². The molecule has 3 aromatic carbocycles. The first-order chi connectivity index (χ1) is 30.8. The summed E-state index contributed by atoms with van der Waals surface area (Å²) in [5, 5.41) is 17.2. The normalized spacial score (nSPS) is 19.5. The molecule has 5 heterocycles. The van der Waals surface area contributed by atoms with Gasteiger partial charge in [0.05, 0.1) is 27.1 Å². The fraction of sp³-hybridized carbons (Fsp3) is 0.417. The number of pyridine rings is 1. The summed E-state index contributed by atoms with van der Waals surface area (Å²) in [6.45, 7) is 12.1. The van der Waals surface area contributed by atoms with Gasteiger partial charge in [-0.15, -0.1) is 0 Å². The molecule has 16 heteroatoms. The Hall–Kier alpha value is -5.48. The van der Waals surface area contributed by atoms with Crippen molar-refractivity contribution in [2.75, 3.05) is 69.1 Å². The van der Waals surface area contributed by atoms with E-state index in [1.54, 1.807) is 36.7 Å². The van der Waals surface area contributed by atoms with Crippen molar-refractivity contribution in [1.82, 2.24) is 24.5 Å². The zero-order valence-corrected chi connectivity index (χ0v) is 37.9. The maximum Gasteiger partial charge on any atom is 0.276 e. The minimum Gasteiger partial charge on any atom is -0.455 e. The summed E-state index contributed by atoms with van der Waals surface area (Å²) in [4.78, 5) is 40.2. The minimum absolute atomic E-state index is 0.0202. The van der Waals surface area contributed by atoms with Crippen molar-refractivity contribution in [2.24, 2.45) is 11.3 Å². The number of halogens is 1. The molecule has 4 aliphatic rings. The average Bonchev–Trinajstić information content (AvgIpc) is 3.75. The number of anilines is 2. The molecule has 0 bridgehead atoms. The van der Waals surface area contributed by atoms with E-state index in [1.807, 2.05) is 18.2 Å². The van der Waals surface area contributed by atoms with Crippen LogP contribution in [0.4, 0.5) is 17.1 Å². The van der Waals surface area contributed by atoms with Crippen molar-refractivity contribution in [3.05, 3.63) is 117 Å². The lowest BCUT2D eigenvalue weighted by Gasteiger charge is -2.39. The number of nitro groups is 1. The number of nitrogens with one attached hydrogen (secondary N) is 3. The summed E-state index contributed by atoms with van der Waals surface area (Å²) in [5.41, 5.74) is 6.39. The van der Waals surface area contributed by atoms with Crippen LogP contribution in [0, 0.1) is 21.4 Å². The van der Waals surface area contributed by atoms with Gasteiger partial charge in [0.2, 0.25) is 0 Å². The van der Waals surface area contributed by atoms with Gasteiger partial charge in [-0.3, -0.25) is 19.8 Å². The van der Waals surface area contributed by atoms with E-state index in [0.29, 0.717) is 35.6 Å². The lowest BCUT2D eigenvalue weighted by atomic mass is 9.72. The number of nitro benzene ring substituents is 1. The number of fused-ring (bicyclic) bond motifs is 2. The average molecular weight is 908 g/mol. The highest BCUT2D eigenvalue weighted by atomic mass is 35.5. The summed E-state index contributed by atoms with van der Waals surface area (Å²) in [5.74, 6) is -0.283. The quantitative estimate of drug-likeness (QED) is 0.0809. The topological polar surface area (TPSA) is 166 Å². The molecule has 14 nitrogen and oxygen atoms in total. The first kappa shape index (κ1) is 43.8. The highest BCUT2D eigenvalue weighted by Crippen LogP contribution is 2.44. The van der Waals surface area contributed by atoms with Crippen LogP contribution in [0.5, 0.6) is 11.5 Å². The van der Waals surface area contributed by atoms with E-state index in [9.17, 15) is 23.3 Å². The van der Waals surface area contributed by atoms with E-state index < -0.39 is 20.9 Å². The van der Waals surface area contributed by atoms with Crippen LogP contribution in [-0.4, -0.2) is 97.9 Å². The lowest BCUT2D eigenvalue weighted by Crippen LogP contribution is -2.47. The number of rotatable bonds is 12. The first-order valence-electron chi connectivity index (χ1n) is 22.3. The number of hydrogen-bond donors (Lipinski definition) is 3. The summed E-state index contributed by atoms with van der Waals surface area (Å²) in [7, 11) is -4.57. The molecule has 0 spiro atoms. The molecule has 64 heavy (non-hydrogen) atoms. The number of H-pyrrole nitrogens is 1. The predicted molar refractivity (Wildman–Crippen MR) is 251 cm³/mol. The van der Waals surface area contributed by atoms with Gasteiger partial charge in [-0.2, -0.15) is 0 Å². The van der Waals surface area contributed by atoms with Crippen LogP contribution in [-0.2, 0) is 16.4 Å². The number of benzene rings is 3. The smallest absolute Gasteiger partial charge is 0.276 e. The number of likely N-dealkylation sites (tertiary alicyclic amines) is 1. The van der Waals surface area contributed by atoms with Crippen LogP contribution in [0.2, 0.25) is 5.02 Å². The Morgan fingerprint density at radius 3 is 2.53 bits per heavy atom. The number of allylic oxidation sites excluding steroid dienone is 1. The number of ether oxygens (including phenoxy) is 1. The highest BCUT2D eigenvalue weighted by molar-refractivity contribution is 7.90. The zero-order chi connectivity index (χ0) is 44.6. The summed E-state index contributed by atoms with van der Waals surface area (Å²) < 4.78 is 36.5. The number of aromatic amines is 1. The molecule has 2 saturated heterocycles. The van der Waals surface area contributed by atoms with Gasteiger partial charge in [0, 0.05) is 85.9 Å². The number of carbonyl (C=O) groups is 1. The van der Waals surface area contributed by atoms with Crippen LogP contribution in [0.1, 0.15) is 73.9 Å². The minimum atomic E-state index is -4.57. The Balaban J connectivity index is 0.938. The van der Waals surface area contributed by atoms with Crippen molar-refractivity contribution in [1.29, 1.82) is 0 Å². The SMILES string of the molecule is CC1(C)CCC(CN2CCN(c3ccc(C(=O)NS(=O)(=O)c4cc5c(c([N+](=O)[O-])c4)C[C@H](CN4CCCCC4)CN5)c(Oc4cnc5[nH]ccc5c4)c3)CC2)=C(c2ccc(Cl)cc2)C1. The Bertz CT molecular complexity index is 2710. The van der Waals surface area contributed by atoms with Gasteiger partial charge in [0.25, 0.3) is 21.6 Å². The fourth-order valence-electron chi connectivity index (χ4n) is 9.79. The maximum atomic E-state index is 14.1. The molecule has 2 aromatic heterocycles. The van der Waals surface area contributed by atoms with E-state index >= 15 is 0 Å². The Labute approximate surface area is 379 Å². The molecule has 1 aliphatic carbocycles. The van der Waals surface area contributed by atoms with Crippen molar-refractivity contribution >= 4 is 61.2 Å². The predicted octanol–water partition coefficient (Wildman–Crippen LogP) is 8.89. The van der Waals surface area contributed by atoms with Crippen LogP contribution in [0.3, 0.4) is 0 Å². The Morgan fingerprint density at radius 2 is 1.77 bits per heavy atom. The third kappa shape index (κ3) is 9.77. The Kier molecular flexibility index (Phi) is 12.4. The highest BCUT2D eigenvalue weighted by Gasteiger charge is 2.33. The van der Waals surface area contributed by atoms with E-state index in [1.165, 1.54) is 29.2 Å². The van der Waals surface area contributed by atoms with Gasteiger partial charge in [0.1, 0.15) is 17.1 Å². The second-order valence-corrected chi connectivity index (χ2v) is 20.7. The van der Waals surface area contributed by atoms with E-state index in [-0.39, 0.29) is 33.2 Å². The number of hydrogen-bond acceptors (Lipinski definition) is 11. The number of piperidine rings is 1. The van der Waals surface area contributed by atoms with E-state index in [0.717, 1.165) is 107 Å². The third-order valence-electron chi connectivity index (χ3n) is 13.3. The van der Waals surface area contributed by atoms with Gasteiger partial charge >= 0.3 is 0 Å². The molecule has 0 saturated carbocycles. The number of nitrogens with zero attached hydrogens (tertiary/aromatic N) is 5. The molecule has 1 atom stereocenters. The van der Waals surface area contributed by atoms with Crippen molar-refractivity contribution < 1.29 is 22.9 Å². The molecule has 3 aliphatic heterocycles. The second-order valence-electron chi connectivity index (χ2n) is 18.5. The molecule has 0 radical (unpaired) electrons. The van der Waals surface area contributed by atoms with Crippen LogP contribution < -0.4 is 19.7 Å². The molecule has 2 fully saturated rings. The van der Waals surface area contributed by atoms with Crippen molar-refractivity contribution in [2.45, 2.75) is 63.7 Å². The number of amides is 1. The Morgan fingerprint density at radius 1 is 0.984 bits per heavy atom. The molecule has 336 valence electrons. The molecule has 1 amide bonds. The number of sulfonamides is 1. The van der Waals surface area contributed by atoms with Crippen LogP contribution in [0.15, 0.2) is 89.6 Å². The third-order valence-corrected chi connectivity index (χ3v) is 14.9. The fourth-order valence-corrected chi connectivity index (χ4v) is 10.9.